The van der Waals surface area contributed by atoms with Crippen LogP contribution in [0.5, 0.6) is 0 Å². The molecule has 0 radical (unpaired) electrons. The van der Waals surface area contributed by atoms with E-state index >= 15 is 0 Å². The predicted octanol–water partition coefficient (Wildman–Crippen LogP) is 8.80. The van der Waals surface area contributed by atoms with Gasteiger partial charge in [0.15, 0.2) is 0 Å². The highest BCUT2D eigenvalue weighted by Crippen LogP contribution is 2.25. The molecule has 0 aromatic heterocycles. The molecule has 0 N–H and O–H groups in total. The molecule has 0 saturated carbocycles. The van der Waals surface area contributed by atoms with Crippen LogP contribution in [0, 0.1) is 0 Å². The molecular weight excluding hydrogens is 550 g/mol. The van der Waals surface area contributed by atoms with Crippen molar-refractivity contribution in [2.24, 2.45) is 0 Å². The SMILES string of the molecule is C[S+]1Cc2ccc3ccc(cc3c2)C[S+](C)Cc2ccc3ccc(cc3c2)C1.F[B-](F)(F)F.F[B-](F)(F)F. The lowest BCUT2D eigenvalue weighted by molar-refractivity contribution is 0.366. The molecule has 0 spiro atoms. The highest BCUT2D eigenvalue weighted by atomic mass is 32.2. The van der Waals surface area contributed by atoms with Gasteiger partial charge in [0.25, 0.3) is 0 Å². The summed E-state index contributed by atoms with van der Waals surface area (Å²) in [5.41, 5.74) is 5.89. The Kier molecular flexibility index (Phi) is 10.1. The maximum atomic E-state index is 9.75. The van der Waals surface area contributed by atoms with Gasteiger partial charge in [-0.1, -0.05) is 48.5 Å². The van der Waals surface area contributed by atoms with E-state index in [1.807, 2.05) is 0 Å². The van der Waals surface area contributed by atoms with Crippen molar-refractivity contribution >= 4 is 57.8 Å². The van der Waals surface area contributed by atoms with Gasteiger partial charge in [0.05, 0.1) is 12.5 Å². The van der Waals surface area contributed by atoms with Gasteiger partial charge in [0, 0.05) is 22.3 Å². The third kappa shape index (κ3) is 10.8. The summed E-state index contributed by atoms with van der Waals surface area (Å²) in [7, 11) is -11.3. The van der Waals surface area contributed by atoms with Crippen LogP contribution in [0.15, 0.2) is 72.8 Å². The molecule has 0 fully saturated rings. The van der Waals surface area contributed by atoms with Crippen LogP contribution in [0.25, 0.3) is 21.5 Å². The molecule has 38 heavy (non-hydrogen) atoms. The normalized spacial score (nSPS) is 17.8. The Balaban J connectivity index is 0.000000344. The van der Waals surface area contributed by atoms with Crippen LogP contribution in [0.4, 0.5) is 34.5 Å². The standard InChI is InChI=1S/C26H26S2.2BF4/c1-27-15-19-3-7-23-9-5-21(13-25(23)11-19)17-28(2)18-22-6-10-24-8-4-20(16-27)12-26(24)14-22;2*2-1(3,4)5/h3-14H,15-18H2,1-2H3;;/q+2;2*-1. The monoisotopic (exact) mass is 576 g/mol. The van der Waals surface area contributed by atoms with Crippen LogP contribution >= 0.6 is 0 Å². The van der Waals surface area contributed by atoms with Gasteiger partial charge in [0.1, 0.15) is 23.0 Å². The predicted molar refractivity (Wildman–Crippen MR) is 150 cm³/mol. The first-order valence-corrected chi connectivity index (χ1v) is 15.5. The van der Waals surface area contributed by atoms with Gasteiger partial charge in [-0.25, -0.2) is 0 Å². The van der Waals surface area contributed by atoms with Gasteiger partial charge >= 0.3 is 14.5 Å². The second kappa shape index (κ2) is 12.7. The number of hydrogen-bond donors (Lipinski definition) is 0. The minimum atomic E-state index is -6.00. The fourth-order valence-electron chi connectivity index (χ4n) is 4.29. The molecule has 0 amide bonds. The first-order valence-electron chi connectivity index (χ1n) is 11.6. The summed E-state index contributed by atoms with van der Waals surface area (Å²) in [5, 5.41) is 5.52. The third-order valence-corrected chi connectivity index (χ3v) is 8.89. The third-order valence-electron chi connectivity index (χ3n) is 5.59. The van der Waals surface area contributed by atoms with Crippen molar-refractivity contribution in [2.75, 3.05) is 12.5 Å². The van der Waals surface area contributed by atoms with Crippen LogP contribution in [0.1, 0.15) is 22.3 Å². The Hall–Kier alpha value is -2.33. The Labute approximate surface area is 222 Å². The maximum Gasteiger partial charge on any atom is 0.673 e. The fraction of sp³-hybridized carbons (Fsp3) is 0.231. The van der Waals surface area contributed by atoms with Crippen LogP contribution in [-0.2, 0) is 44.8 Å². The Morgan fingerprint density at radius 3 is 0.842 bits per heavy atom. The lowest BCUT2D eigenvalue weighted by Gasteiger charge is -2.10. The largest absolute Gasteiger partial charge is 0.673 e. The van der Waals surface area contributed by atoms with Gasteiger partial charge in [-0.3, -0.25) is 0 Å². The Bertz CT molecular complexity index is 1180. The Morgan fingerprint density at radius 2 is 0.632 bits per heavy atom. The lowest BCUT2D eigenvalue weighted by Crippen LogP contribution is -2.08. The van der Waals surface area contributed by atoms with Crippen molar-refractivity contribution in [3.8, 4) is 0 Å². The molecule has 12 heteroatoms. The van der Waals surface area contributed by atoms with E-state index in [0.29, 0.717) is 21.8 Å². The molecule has 1 heterocycles. The molecular formula is C26H26B2F8S2. The molecule has 0 atom stereocenters. The van der Waals surface area contributed by atoms with E-state index in [4.69, 9.17) is 0 Å². The van der Waals surface area contributed by atoms with Gasteiger partial charge in [-0.15, -0.1) is 0 Å². The number of fused-ring (bicyclic) bond motifs is 4. The summed E-state index contributed by atoms with van der Waals surface area (Å²) in [6, 6.07) is 28.2. The van der Waals surface area contributed by atoms with Crippen molar-refractivity contribution in [3.05, 3.63) is 95.1 Å². The number of hydrogen-bond acceptors (Lipinski definition) is 0. The zero-order chi connectivity index (χ0) is 28.1. The summed E-state index contributed by atoms with van der Waals surface area (Å²) in [6.45, 7) is 0. The van der Waals surface area contributed by atoms with E-state index in [-0.39, 0.29) is 0 Å². The van der Waals surface area contributed by atoms with E-state index in [2.05, 4.69) is 85.3 Å². The van der Waals surface area contributed by atoms with Crippen LogP contribution < -0.4 is 0 Å². The fourth-order valence-corrected chi connectivity index (χ4v) is 7.49. The smallest absolute Gasteiger partial charge is 0.418 e. The molecule has 0 nitrogen and oxygen atoms in total. The molecule has 1 aliphatic rings. The van der Waals surface area contributed by atoms with E-state index in [1.165, 1.54) is 43.8 Å². The highest BCUT2D eigenvalue weighted by Gasteiger charge is 2.21. The lowest BCUT2D eigenvalue weighted by atomic mass is 10.1. The van der Waals surface area contributed by atoms with Gasteiger partial charge in [-0.05, 0) is 67.6 Å². The van der Waals surface area contributed by atoms with Crippen LogP contribution in [-0.4, -0.2) is 27.0 Å². The zero-order valence-electron chi connectivity index (χ0n) is 20.8. The highest BCUT2D eigenvalue weighted by molar-refractivity contribution is 7.94. The summed E-state index contributed by atoms with van der Waals surface area (Å²) >= 11 is 0. The first kappa shape index (κ1) is 30.2. The molecule has 0 aliphatic carbocycles. The van der Waals surface area contributed by atoms with Crippen molar-refractivity contribution in [1.82, 2.24) is 0 Å². The van der Waals surface area contributed by atoms with Crippen molar-refractivity contribution < 1.29 is 34.5 Å². The number of rotatable bonds is 0. The molecule has 204 valence electrons. The van der Waals surface area contributed by atoms with E-state index in [1.54, 1.807) is 0 Å². The average Bonchev–Trinajstić information content (AvgIpc) is 2.75. The summed E-state index contributed by atoms with van der Waals surface area (Å²) in [4.78, 5) is 0. The van der Waals surface area contributed by atoms with Gasteiger partial charge in [0.2, 0.25) is 0 Å². The van der Waals surface area contributed by atoms with E-state index in [9.17, 15) is 34.5 Å². The summed E-state index contributed by atoms with van der Waals surface area (Å²) in [5.74, 6) is 4.65. The second-order valence-electron chi connectivity index (χ2n) is 9.16. The number of benzene rings is 4. The average molecular weight is 576 g/mol. The minimum Gasteiger partial charge on any atom is -0.418 e. The molecule has 4 aromatic carbocycles. The topological polar surface area (TPSA) is 0 Å². The number of halogens is 8. The van der Waals surface area contributed by atoms with Crippen molar-refractivity contribution in [2.45, 2.75) is 23.0 Å². The maximum absolute atomic E-state index is 9.75. The van der Waals surface area contributed by atoms with Crippen LogP contribution in [0.2, 0.25) is 0 Å². The van der Waals surface area contributed by atoms with E-state index in [0.717, 1.165) is 23.0 Å². The molecule has 0 saturated heterocycles. The molecule has 5 rings (SSSR count). The molecule has 0 unspecified atom stereocenters. The molecule has 4 aromatic rings. The summed E-state index contributed by atoms with van der Waals surface area (Å²) in [6.07, 6.45) is 4.82. The first-order chi connectivity index (χ1) is 17.6. The molecule has 1 aliphatic heterocycles. The minimum absolute atomic E-state index is 0.339. The summed E-state index contributed by atoms with van der Waals surface area (Å²) < 4.78 is 78.0. The Morgan fingerprint density at radius 1 is 0.421 bits per heavy atom. The zero-order valence-corrected chi connectivity index (χ0v) is 22.4. The second-order valence-corrected chi connectivity index (χ2v) is 13.4. The van der Waals surface area contributed by atoms with Gasteiger partial charge in [-0.2, -0.15) is 0 Å². The van der Waals surface area contributed by atoms with Crippen LogP contribution in [0.3, 0.4) is 0 Å². The molecule has 6 bridgehead atoms. The van der Waals surface area contributed by atoms with Crippen molar-refractivity contribution in [1.29, 1.82) is 0 Å². The van der Waals surface area contributed by atoms with Crippen molar-refractivity contribution in [3.63, 3.8) is 0 Å². The quantitative estimate of drug-likeness (QED) is 0.112. The van der Waals surface area contributed by atoms with Gasteiger partial charge < -0.3 is 34.5 Å². The van der Waals surface area contributed by atoms with E-state index < -0.39 is 14.5 Å².